The normalized spacial score (nSPS) is 12.0. The highest BCUT2D eigenvalue weighted by Crippen LogP contribution is 2.20. The van der Waals surface area contributed by atoms with Crippen LogP contribution in [0, 0.1) is 11.6 Å². The number of hydrogen-bond donors (Lipinski definition) is 2. The number of thioether (sulfide) groups is 1. The van der Waals surface area contributed by atoms with Crippen molar-refractivity contribution in [1.82, 2.24) is 5.32 Å². The minimum atomic E-state index is -1.16. The molecule has 1 unspecified atom stereocenters. The predicted octanol–water partition coefficient (Wildman–Crippen LogP) is 1.66. The van der Waals surface area contributed by atoms with E-state index in [1.165, 1.54) is 24.9 Å². The molecule has 0 saturated heterocycles. The van der Waals surface area contributed by atoms with Gasteiger partial charge in [0.25, 0.3) is 0 Å². The molecule has 0 fully saturated rings. The SMILES string of the molecule is COC(CNC(=O)CCSc1ccc(F)c(F)c1)C(=O)O. The molecule has 2 N–H and O–H groups in total. The maximum atomic E-state index is 13.0. The van der Waals surface area contributed by atoms with Crippen LogP contribution in [0.4, 0.5) is 8.78 Å². The van der Waals surface area contributed by atoms with Crippen LogP contribution in [0.25, 0.3) is 0 Å². The van der Waals surface area contributed by atoms with Crippen LogP contribution in [-0.2, 0) is 14.3 Å². The molecule has 0 heterocycles. The van der Waals surface area contributed by atoms with Crippen LogP contribution in [0.1, 0.15) is 6.42 Å². The quantitative estimate of drug-likeness (QED) is 0.713. The zero-order chi connectivity index (χ0) is 15.8. The predicted molar refractivity (Wildman–Crippen MR) is 73.1 cm³/mol. The first-order valence-corrected chi connectivity index (χ1v) is 7.02. The van der Waals surface area contributed by atoms with E-state index in [2.05, 4.69) is 10.1 Å². The van der Waals surface area contributed by atoms with Crippen molar-refractivity contribution in [2.24, 2.45) is 0 Å². The third kappa shape index (κ3) is 6.09. The zero-order valence-electron chi connectivity index (χ0n) is 11.3. The van der Waals surface area contributed by atoms with Gasteiger partial charge in [-0.2, -0.15) is 0 Å². The maximum Gasteiger partial charge on any atom is 0.334 e. The Hall–Kier alpha value is -1.67. The summed E-state index contributed by atoms with van der Waals surface area (Å²) in [5, 5.41) is 11.1. The number of carbonyl (C=O) groups is 2. The maximum absolute atomic E-state index is 13.0. The summed E-state index contributed by atoms with van der Waals surface area (Å²) in [6.45, 7) is -0.124. The number of rotatable bonds is 8. The molecule has 1 aromatic carbocycles. The fraction of sp³-hybridized carbons (Fsp3) is 0.385. The van der Waals surface area contributed by atoms with Gasteiger partial charge in [-0.3, -0.25) is 4.79 Å². The highest BCUT2D eigenvalue weighted by atomic mass is 32.2. The molecule has 0 aliphatic heterocycles. The molecule has 0 aliphatic rings. The van der Waals surface area contributed by atoms with Gasteiger partial charge < -0.3 is 15.2 Å². The van der Waals surface area contributed by atoms with Crippen molar-refractivity contribution in [1.29, 1.82) is 0 Å². The van der Waals surface area contributed by atoms with Gasteiger partial charge in [0, 0.05) is 24.2 Å². The van der Waals surface area contributed by atoms with E-state index in [1.807, 2.05) is 0 Å². The number of carboxylic acid groups (broad SMARTS) is 1. The van der Waals surface area contributed by atoms with Gasteiger partial charge in [0.15, 0.2) is 17.7 Å². The Morgan fingerprint density at radius 3 is 2.67 bits per heavy atom. The Morgan fingerprint density at radius 1 is 1.38 bits per heavy atom. The molecule has 8 heteroatoms. The molecular weight excluding hydrogens is 304 g/mol. The minimum Gasteiger partial charge on any atom is -0.479 e. The number of ether oxygens (including phenoxy) is 1. The topological polar surface area (TPSA) is 75.6 Å². The van der Waals surface area contributed by atoms with Gasteiger partial charge in [-0.25, -0.2) is 13.6 Å². The lowest BCUT2D eigenvalue weighted by atomic mass is 10.3. The molecule has 0 radical (unpaired) electrons. The van der Waals surface area contributed by atoms with Gasteiger partial charge in [-0.15, -0.1) is 11.8 Å². The second-order valence-electron chi connectivity index (χ2n) is 4.04. The first-order chi connectivity index (χ1) is 9.93. The highest BCUT2D eigenvalue weighted by molar-refractivity contribution is 7.99. The molecule has 21 heavy (non-hydrogen) atoms. The Kier molecular flexibility index (Phi) is 7.10. The number of carbonyl (C=O) groups excluding carboxylic acids is 1. The molecule has 5 nitrogen and oxygen atoms in total. The van der Waals surface area contributed by atoms with Crippen LogP contribution in [0.15, 0.2) is 23.1 Å². The van der Waals surface area contributed by atoms with Crippen LogP contribution in [0.3, 0.4) is 0 Å². The van der Waals surface area contributed by atoms with Gasteiger partial charge in [0.1, 0.15) is 0 Å². The van der Waals surface area contributed by atoms with Gasteiger partial charge in [0.05, 0.1) is 6.54 Å². The van der Waals surface area contributed by atoms with Crippen molar-refractivity contribution in [3.05, 3.63) is 29.8 Å². The Balaban J connectivity index is 2.30. The van der Waals surface area contributed by atoms with Crippen LogP contribution in [-0.4, -0.2) is 42.5 Å². The Morgan fingerprint density at radius 2 is 2.10 bits per heavy atom. The van der Waals surface area contributed by atoms with Crippen LogP contribution >= 0.6 is 11.8 Å². The lowest BCUT2D eigenvalue weighted by molar-refractivity contribution is -0.148. The van der Waals surface area contributed by atoms with Crippen molar-refractivity contribution >= 4 is 23.6 Å². The summed E-state index contributed by atoms with van der Waals surface area (Å²) in [4.78, 5) is 22.7. The molecular formula is C13H15F2NO4S. The fourth-order valence-corrected chi connectivity index (χ4v) is 2.27. The van der Waals surface area contributed by atoms with Crippen LogP contribution in [0.2, 0.25) is 0 Å². The number of carboxylic acids is 1. The van der Waals surface area contributed by atoms with E-state index in [9.17, 15) is 18.4 Å². The van der Waals surface area contributed by atoms with Crippen molar-refractivity contribution in [3.63, 3.8) is 0 Å². The number of aliphatic carboxylic acids is 1. The molecule has 1 amide bonds. The molecule has 0 aromatic heterocycles. The monoisotopic (exact) mass is 319 g/mol. The largest absolute Gasteiger partial charge is 0.479 e. The van der Waals surface area contributed by atoms with Gasteiger partial charge in [-0.05, 0) is 18.2 Å². The second kappa shape index (κ2) is 8.58. The molecule has 1 rings (SSSR count). The Bertz CT molecular complexity index is 513. The zero-order valence-corrected chi connectivity index (χ0v) is 12.1. The summed E-state index contributed by atoms with van der Waals surface area (Å²) >= 11 is 1.20. The van der Waals surface area contributed by atoms with Gasteiger partial charge in [0.2, 0.25) is 5.91 Å². The third-order valence-electron chi connectivity index (χ3n) is 2.53. The lowest BCUT2D eigenvalue weighted by Gasteiger charge is -2.11. The first kappa shape index (κ1) is 17.4. The second-order valence-corrected chi connectivity index (χ2v) is 5.21. The lowest BCUT2D eigenvalue weighted by Crippen LogP contribution is -2.37. The number of methoxy groups -OCH3 is 1. The smallest absolute Gasteiger partial charge is 0.334 e. The van der Waals surface area contributed by atoms with Crippen molar-refractivity contribution in [3.8, 4) is 0 Å². The van der Waals surface area contributed by atoms with Crippen molar-refractivity contribution < 1.29 is 28.2 Å². The van der Waals surface area contributed by atoms with E-state index in [0.717, 1.165) is 12.1 Å². The fourth-order valence-electron chi connectivity index (χ4n) is 1.39. The van der Waals surface area contributed by atoms with E-state index in [0.29, 0.717) is 10.6 Å². The minimum absolute atomic E-state index is 0.124. The van der Waals surface area contributed by atoms with Crippen LogP contribution in [0.5, 0.6) is 0 Å². The number of nitrogens with one attached hydrogen (secondary N) is 1. The molecule has 1 atom stereocenters. The number of benzene rings is 1. The number of amides is 1. The molecule has 116 valence electrons. The summed E-state index contributed by atoms with van der Waals surface area (Å²) in [6, 6.07) is 3.50. The molecule has 0 aliphatic carbocycles. The van der Waals surface area contributed by atoms with Gasteiger partial charge >= 0.3 is 5.97 Å². The summed E-state index contributed by atoms with van der Waals surface area (Å²) < 4.78 is 30.3. The van der Waals surface area contributed by atoms with E-state index in [4.69, 9.17) is 5.11 Å². The van der Waals surface area contributed by atoms with Crippen LogP contribution < -0.4 is 5.32 Å². The van der Waals surface area contributed by atoms with E-state index >= 15 is 0 Å². The summed E-state index contributed by atoms with van der Waals surface area (Å²) in [5.41, 5.74) is 0. The van der Waals surface area contributed by atoms with Crippen molar-refractivity contribution in [2.75, 3.05) is 19.4 Å². The van der Waals surface area contributed by atoms with Crippen molar-refractivity contribution in [2.45, 2.75) is 17.4 Å². The first-order valence-electron chi connectivity index (χ1n) is 6.04. The van der Waals surface area contributed by atoms with Gasteiger partial charge in [-0.1, -0.05) is 0 Å². The van der Waals surface area contributed by atoms with E-state index in [1.54, 1.807) is 0 Å². The average Bonchev–Trinajstić information content (AvgIpc) is 2.43. The average molecular weight is 319 g/mol. The standard InChI is InChI=1S/C13H15F2NO4S/c1-20-11(13(18)19)7-16-12(17)4-5-21-8-2-3-9(14)10(15)6-8/h2-3,6,11H,4-5,7H2,1H3,(H,16,17)(H,18,19). The Labute approximate surface area is 124 Å². The summed E-state index contributed by atoms with van der Waals surface area (Å²) in [7, 11) is 1.24. The highest BCUT2D eigenvalue weighted by Gasteiger charge is 2.16. The van der Waals surface area contributed by atoms with E-state index < -0.39 is 23.7 Å². The molecule has 0 saturated carbocycles. The number of halogens is 2. The summed E-state index contributed by atoms with van der Waals surface area (Å²) in [6.07, 6.45) is -0.965. The third-order valence-corrected chi connectivity index (χ3v) is 3.53. The number of hydrogen-bond acceptors (Lipinski definition) is 4. The molecule has 1 aromatic rings. The summed E-state index contributed by atoms with van der Waals surface area (Å²) in [5.74, 6) is -2.99. The van der Waals surface area contributed by atoms with E-state index in [-0.39, 0.29) is 18.9 Å². The molecule has 0 spiro atoms. The molecule has 0 bridgehead atoms.